The minimum absolute atomic E-state index is 0.169. The Morgan fingerprint density at radius 2 is 0.370 bits per heavy atom. The molecule has 18 atom stereocenters. The van der Waals surface area contributed by atoms with Crippen LogP contribution in [-0.4, -0.2) is 84.6 Å². The molecule has 100 heavy (non-hydrogen) atoms. The molecule has 4 N–H and O–H groups in total. The van der Waals surface area contributed by atoms with Crippen LogP contribution in [-0.2, 0) is 37.1 Å². The van der Waals surface area contributed by atoms with Gasteiger partial charge in [-0.2, -0.15) is 0 Å². The van der Waals surface area contributed by atoms with Gasteiger partial charge >= 0.3 is 15.6 Å². The second-order valence-electron chi connectivity index (χ2n) is 35.9. The van der Waals surface area contributed by atoms with Crippen molar-refractivity contribution in [1.82, 2.24) is 0 Å². The molecular formula is C86H174O12P2. The van der Waals surface area contributed by atoms with E-state index in [1.165, 1.54) is 257 Å². The summed E-state index contributed by atoms with van der Waals surface area (Å²) in [6.07, 6.45) is 55.5. The summed E-state index contributed by atoms with van der Waals surface area (Å²) in [4.78, 5) is 37.8. The fraction of sp³-hybridized carbons (Fsp3) is 1.00. The van der Waals surface area contributed by atoms with E-state index in [9.17, 15) is 28.7 Å². The lowest BCUT2D eigenvalue weighted by atomic mass is 9.88. The Hall–Kier alpha value is 0.0600. The molecule has 1 saturated heterocycles. The molecule has 1 rings (SSSR count). The summed E-state index contributed by atoms with van der Waals surface area (Å²) in [6, 6.07) is 0. The second kappa shape index (κ2) is 61.9. The number of phosphoric ester groups is 2. The van der Waals surface area contributed by atoms with Gasteiger partial charge in [0.2, 0.25) is 0 Å². The van der Waals surface area contributed by atoms with Crippen molar-refractivity contribution in [3.63, 3.8) is 0 Å². The van der Waals surface area contributed by atoms with E-state index in [1.807, 2.05) is 0 Å². The van der Waals surface area contributed by atoms with Crippen molar-refractivity contribution >= 4 is 15.6 Å². The third-order valence-corrected chi connectivity index (χ3v) is 24.9. The highest BCUT2D eigenvalue weighted by molar-refractivity contribution is 7.46. The number of rotatable bonds is 6. The smallest absolute Gasteiger partial charge is 0.379 e. The lowest BCUT2D eigenvalue weighted by molar-refractivity contribution is -0.0463. The Kier molecular flexibility index (Phi) is 60.7. The molecule has 0 saturated carbocycles. The van der Waals surface area contributed by atoms with Crippen LogP contribution >= 0.6 is 15.6 Å². The largest absolute Gasteiger partial charge is 0.469 e. The van der Waals surface area contributed by atoms with Crippen LogP contribution in [0.1, 0.15) is 393 Å². The van der Waals surface area contributed by atoms with Crippen molar-refractivity contribution in [1.29, 1.82) is 0 Å². The molecule has 0 aromatic rings. The summed E-state index contributed by atoms with van der Waals surface area (Å²) in [6.45, 7) is 41.4. The first kappa shape index (κ1) is 98.1. The van der Waals surface area contributed by atoms with Gasteiger partial charge in [0.05, 0.1) is 26.4 Å². The summed E-state index contributed by atoms with van der Waals surface area (Å²) in [7, 11) is -9.20. The van der Waals surface area contributed by atoms with Gasteiger partial charge in [-0.3, -0.25) is 9.05 Å². The van der Waals surface area contributed by atoms with E-state index in [2.05, 4.69) is 111 Å². The average molecular weight is 1460 g/mol. The van der Waals surface area contributed by atoms with Gasteiger partial charge in [0.25, 0.3) is 0 Å². The predicted molar refractivity (Wildman–Crippen MR) is 427 cm³/mol. The summed E-state index contributed by atoms with van der Waals surface area (Å²) < 4.78 is 57.4. The van der Waals surface area contributed by atoms with Crippen LogP contribution in [0.3, 0.4) is 0 Å². The Labute approximate surface area is 622 Å². The van der Waals surface area contributed by atoms with Crippen molar-refractivity contribution < 1.29 is 56.7 Å². The first-order valence-corrected chi connectivity index (χ1v) is 46.3. The van der Waals surface area contributed by atoms with Crippen molar-refractivity contribution in [2.75, 3.05) is 52.9 Å². The second-order valence-corrected chi connectivity index (χ2v) is 38.3. The molecule has 0 aromatic heterocycles. The van der Waals surface area contributed by atoms with E-state index in [0.29, 0.717) is 50.1 Å². The lowest BCUT2D eigenvalue weighted by Gasteiger charge is -2.21. The van der Waals surface area contributed by atoms with Gasteiger partial charge in [0.1, 0.15) is 12.2 Å². The number of ether oxygens (including phenoxy) is 4. The molecule has 0 aromatic carbocycles. The van der Waals surface area contributed by atoms with Crippen molar-refractivity contribution in [2.45, 2.75) is 406 Å². The zero-order valence-corrected chi connectivity index (χ0v) is 70.9. The molecule has 1 aliphatic rings. The predicted octanol–water partition coefficient (Wildman–Crippen LogP) is 26.4. The number of phosphoric acid groups is 2. The average Bonchev–Trinajstić information content (AvgIpc) is 1.25. The van der Waals surface area contributed by atoms with Crippen molar-refractivity contribution in [3.8, 4) is 0 Å². The van der Waals surface area contributed by atoms with E-state index in [0.717, 1.165) is 96.7 Å². The summed E-state index contributed by atoms with van der Waals surface area (Å²) >= 11 is 0. The number of hydrogen-bond donors (Lipinski definition) is 4. The van der Waals surface area contributed by atoms with Gasteiger partial charge in [0, 0.05) is 26.4 Å². The normalized spacial score (nSPS) is 34.5. The van der Waals surface area contributed by atoms with Gasteiger partial charge in [-0.05, 0) is 120 Å². The maximum atomic E-state index is 11.6. The van der Waals surface area contributed by atoms with Crippen LogP contribution in [0.2, 0.25) is 0 Å². The Balaban J connectivity index is 2.66. The van der Waals surface area contributed by atoms with E-state index < -0.39 is 27.9 Å². The molecule has 1 fully saturated rings. The standard InChI is InChI=1S/C86H174O12P2/c1-69-29-17-33-73(5)41-25-49-81(13)57-61-93-65-85(67-97-99(87,88)89)95-63-59-83(15)51-27-43-75(7)35-19-31-71(3)39-23-47-79(11)55-56-80(12)48-24-40-72(4)32-20-36-76(8)44-28-52-84(16)60-64-96-86(68-98-100(90,91)92)66-94-62-58-82(14)50-26-42-74(6)34-18-30-70(2)38-22-46-78(10)54-53-77(9)45-21-37-69/h69-86H,17-68H2,1-16H3,(H2,87,88,89)(H2,90,91,92)/t69-,70-,71-,72-,73+,74+,75+,76+,77-,78-,79-,80-,81+,82+,83+,84+,85?,86?/m0/s1. The third kappa shape index (κ3) is 64.1. The Morgan fingerprint density at radius 1 is 0.230 bits per heavy atom. The number of hydrogen-bond acceptors (Lipinski definition) is 8. The van der Waals surface area contributed by atoms with E-state index in [4.69, 9.17) is 28.0 Å². The van der Waals surface area contributed by atoms with Crippen LogP contribution in [0.15, 0.2) is 0 Å². The fourth-order valence-corrected chi connectivity index (χ4v) is 16.5. The van der Waals surface area contributed by atoms with Crippen LogP contribution in [0.25, 0.3) is 0 Å². The van der Waals surface area contributed by atoms with Crippen LogP contribution in [0.4, 0.5) is 0 Å². The summed E-state index contributed by atoms with van der Waals surface area (Å²) in [5, 5.41) is 0. The van der Waals surface area contributed by atoms with Gasteiger partial charge < -0.3 is 38.5 Å². The summed E-state index contributed by atoms with van der Waals surface area (Å²) in [5.41, 5.74) is 0. The zero-order chi connectivity index (χ0) is 74.4. The molecule has 600 valence electrons. The highest BCUT2D eigenvalue weighted by Crippen LogP contribution is 2.38. The summed E-state index contributed by atoms with van der Waals surface area (Å²) in [5.74, 6) is 11.7. The van der Waals surface area contributed by atoms with Gasteiger partial charge in [0.15, 0.2) is 0 Å². The van der Waals surface area contributed by atoms with Gasteiger partial charge in [-0.1, -0.05) is 368 Å². The molecular weight excluding hydrogens is 1290 g/mol. The van der Waals surface area contributed by atoms with Crippen LogP contribution in [0.5, 0.6) is 0 Å². The molecule has 0 bridgehead atoms. The molecule has 0 amide bonds. The van der Waals surface area contributed by atoms with Crippen LogP contribution in [0, 0.1) is 94.7 Å². The third-order valence-electron chi connectivity index (χ3n) is 23.9. The molecule has 0 aliphatic carbocycles. The molecule has 2 unspecified atom stereocenters. The molecule has 12 nitrogen and oxygen atoms in total. The Morgan fingerprint density at radius 3 is 0.530 bits per heavy atom. The van der Waals surface area contributed by atoms with Gasteiger partial charge in [-0.15, -0.1) is 0 Å². The fourth-order valence-electron chi connectivity index (χ4n) is 15.7. The van der Waals surface area contributed by atoms with E-state index in [-0.39, 0.29) is 26.4 Å². The van der Waals surface area contributed by atoms with Crippen LogP contribution < -0.4 is 0 Å². The highest BCUT2D eigenvalue weighted by atomic mass is 31.2. The zero-order valence-electron chi connectivity index (χ0n) is 69.1. The molecule has 1 aliphatic heterocycles. The van der Waals surface area contributed by atoms with E-state index >= 15 is 0 Å². The molecule has 14 heteroatoms. The maximum absolute atomic E-state index is 11.6. The maximum Gasteiger partial charge on any atom is 0.469 e. The minimum Gasteiger partial charge on any atom is -0.379 e. The lowest BCUT2D eigenvalue weighted by Crippen LogP contribution is -2.26. The van der Waals surface area contributed by atoms with E-state index in [1.54, 1.807) is 0 Å². The molecule has 0 spiro atoms. The van der Waals surface area contributed by atoms with Gasteiger partial charge in [-0.25, -0.2) is 9.13 Å². The van der Waals surface area contributed by atoms with Crippen molar-refractivity contribution in [2.24, 2.45) is 94.7 Å². The molecule has 1 heterocycles. The first-order valence-electron chi connectivity index (χ1n) is 43.2. The monoisotopic (exact) mass is 1460 g/mol. The SMILES string of the molecule is C[C@@H]1CCC[C@H](C)CCC[C@H](C)CC[C@@H](C)CCC[C@@H](C)CCC[C@@H](C)CCC[C@@H](C)CCOCC(COP(=O)(O)O)OCC[C@H](C)CCC[C@H](C)CCC[C@H](C)CCC[C@H](C)CC[C@@H](C)CCC[C@@H](C)CCC[C@@H](C)CCC[C@@H](C)CCOC(COP(=O)(O)O)COCC[C@H](C)CCC1. The quantitative estimate of drug-likeness (QED) is 0.186. The topological polar surface area (TPSA) is 170 Å². The minimum atomic E-state index is -4.60. The first-order chi connectivity index (χ1) is 47.5. The Bertz CT molecular complexity index is 1770. The van der Waals surface area contributed by atoms with Crippen molar-refractivity contribution in [3.05, 3.63) is 0 Å². The molecule has 0 radical (unpaired) electrons. The highest BCUT2D eigenvalue weighted by Gasteiger charge is 2.23.